The fourth-order valence-corrected chi connectivity index (χ4v) is 1.56. The largest absolute Gasteiger partial charge is 0.428 e. The maximum atomic E-state index is 13.6. The second-order valence-corrected chi connectivity index (χ2v) is 4.19. The first kappa shape index (κ1) is 17.2. The molecular formula is C8H5F11O. The summed E-state index contributed by atoms with van der Waals surface area (Å²) in [6, 6.07) is 0. The molecule has 0 saturated carbocycles. The van der Waals surface area contributed by atoms with Gasteiger partial charge in [0.25, 0.3) is 5.67 Å². The van der Waals surface area contributed by atoms with Crippen molar-refractivity contribution in [2.75, 3.05) is 6.67 Å². The van der Waals surface area contributed by atoms with Gasteiger partial charge in [0.05, 0.1) is 0 Å². The Hall–Kier alpha value is -0.810. The zero-order valence-corrected chi connectivity index (χ0v) is 9.27. The quantitative estimate of drug-likeness (QED) is 0.700. The van der Waals surface area contributed by atoms with Crippen LogP contribution in [0.15, 0.2) is 0 Å². The van der Waals surface area contributed by atoms with E-state index < -0.39 is 49.0 Å². The molecule has 0 aliphatic carbocycles. The molecule has 0 bridgehead atoms. The van der Waals surface area contributed by atoms with Gasteiger partial charge in [-0.1, -0.05) is 0 Å². The van der Waals surface area contributed by atoms with Crippen molar-refractivity contribution in [3.05, 3.63) is 0 Å². The summed E-state index contributed by atoms with van der Waals surface area (Å²) < 4.78 is 144. The molecule has 0 aromatic carbocycles. The summed E-state index contributed by atoms with van der Waals surface area (Å²) in [4.78, 5) is 0. The average molecular weight is 326 g/mol. The normalized spacial score (nSPS) is 39.6. The minimum absolute atomic E-state index is 0.702. The number of ether oxygens (including phenoxy) is 1. The van der Waals surface area contributed by atoms with Gasteiger partial charge in [-0.05, 0) is 0 Å². The topological polar surface area (TPSA) is 9.23 Å². The molecule has 1 nitrogen and oxygen atoms in total. The van der Waals surface area contributed by atoms with E-state index in [1.807, 2.05) is 0 Å². The van der Waals surface area contributed by atoms with Crippen LogP contribution in [0.25, 0.3) is 0 Å². The lowest BCUT2D eigenvalue weighted by Crippen LogP contribution is -2.81. The first-order valence-corrected chi connectivity index (χ1v) is 4.67. The molecule has 1 fully saturated rings. The zero-order chi connectivity index (χ0) is 16.4. The van der Waals surface area contributed by atoms with Crippen molar-refractivity contribution in [1.82, 2.24) is 0 Å². The molecule has 1 aliphatic rings. The van der Waals surface area contributed by atoms with Gasteiger partial charge in [0, 0.05) is 6.92 Å². The van der Waals surface area contributed by atoms with Crippen LogP contribution in [0.3, 0.4) is 0 Å². The van der Waals surface area contributed by atoms with Crippen LogP contribution in [0, 0.1) is 0 Å². The van der Waals surface area contributed by atoms with Gasteiger partial charge in [0.1, 0.15) is 6.67 Å². The van der Waals surface area contributed by atoms with E-state index in [-0.39, 0.29) is 0 Å². The van der Waals surface area contributed by atoms with Crippen LogP contribution in [0.2, 0.25) is 0 Å². The Balaban J connectivity index is 3.68. The number of hydrogen-bond donors (Lipinski definition) is 0. The maximum absolute atomic E-state index is 13.6. The molecule has 120 valence electrons. The van der Waals surface area contributed by atoms with Crippen LogP contribution < -0.4 is 0 Å². The van der Waals surface area contributed by atoms with Crippen molar-refractivity contribution in [3.8, 4) is 0 Å². The van der Waals surface area contributed by atoms with Crippen molar-refractivity contribution in [1.29, 1.82) is 0 Å². The summed E-state index contributed by atoms with van der Waals surface area (Å²) in [7, 11) is 0. The summed E-state index contributed by atoms with van der Waals surface area (Å²) in [5.41, 5.74) is -6.02. The Labute approximate surface area is 103 Å². The Bertz CT molecular complexity index is 400. The molecule has 1 rings (SSSR count). The highest BCUT2D eigenvalue weighted by molar-refractivity contribution is 5.19. The SMILES string of the molecule is CC(F)(F)C1(F)OC(F)(F)C(F)(F)C(F)(F)C1(F)CF. The van der Waals surface area contributed by atoms with Crippen LogP contribution in [0.5, 0.6) is 0 Å². The first-order chi connectivity index (χ1) is 8.52. The van der Waals surface area contributed by atoms with Gasteiger partial charge in [0.15, 0.2) is 0 Å². The molecule has 1 saturated heterocycles. The van der Waals surface area contributed by atoms with Gasteiger partial charge in [-0.25, -0.2) is 22.0 Å². The molecule has 0 spiro atoms. The maximum Gasteiger partial charge on any atom is 0.428 e. The number of halogens is 11. The molecular weight excluding hydrogens is 321 g/mol. The van der Waals surface area contributed by atoms with Crippen molar-refractivity contribution < 1.29 is 53.0 Å². The smallest absolute Gasteiger partial charge is 0.269 e. The fraction of sp³-hybridized carbons (Fsp3) is 1.00. The molecule has 2 atom stereocenters. The van der Waals surface area contributed by atoms with Gasteiger partial charge < -0.3 is 0 Å². The Morgan fingerprint density at radius 3 is 1.55 bits per heavy atom. The summed E-state index contributed by atoms with van der Waals surface area (Å²) in [6.45, 7) is -4.15. The summed E-state index contributed by atoms with van der Waals surface area (Å²) in [6.07, 6.45) is -6.49. The van der Waals surface area contributed by atoms with E-state index in [9.17, 15) is 48.3 Å². The third-order valence-electron chi connectivity index (χ3n) is 2.78. The number of alkyl halides is 11. The van der Waals surface area contributed by atoms with E-state index in [0.29, 0.717) is 0 Å². The van der Waals surface area contributed by atoms with Crippen LogP contribution in [0.4, 0.5) is 48.3 Å². The summed E-state index contributed by atoms with van der Waals surface area (Å²) >= 11 is 0. The van der Waals surface area contributed by atoms with Crippen molar-refractivity contribution in [2.45, 2.75) is 42.3 Å². The van der Waals surface area contributed by atoms with E-state index in [1.54, 1.807) is 0 Å². The van der Waals surface area contributed by atoms with Crippen molar-refractivity contribution in [2.24, 2.45) is 0 Å². The predicted octanol–water partition coefficient (Wildman–Crippen LogP) is 3.88. The molecule has 20 heavy (non-hydrogen) atoms. The van der Waals surface area contributed by atoms with Gasteiger partial charge in [0.2, 0.25) is 0 Å². The van der Waals surface area contributed by atoms with E-state index in [1.165, 1.54) is 0 Å². The standard InChI is InChI=1S/C8H5F11O/c1-3(10,11)7(17)4(12,2-9)5(13,14)6(15,16)8(18,19)20-7/h2H2,1H3. The lowest BCUT2D eigenvalue weighted by atomic mass is 9.80. The van der Waals surface area contributed by atoms with E-state index in [0.717, 1.165) is 0 Å². The molecule has 12 heteroatoms. The highest BCUT2D eigenvalue weighted by atomic mass is 19.4. The lowest BCUT2D eigenvalue weighted by molar-refractivity contribution is -0.538. The van der Waals surface area contributed by atoms with Gasteiger partial charge in [-0.15, -0.1) is 0 Å². The molecule has 0 aromatic rings. The lowest BCUT2D eigenvalue weighted by Gasteiger charge is -2.52. The second kappa shape index (κ2) is 3.89. The third-order valence-corrected chi connectivity index (χ3v) is 2.78. The van der Waals surface area contributed by atoms with Gasteiger partial charge in [-0.2, -0.15) is 26.3 Å². The van der Waals surface area contributed by atoms with Crippen molar-refractivity contribution >= 4 is 0 Å². The number of hydrogen-bond acceptors (Lipinski definition) is 1. The zero-order valence-electron chi connectivity index (χ0n) is 9.27. The monoisotopic (exact) mass is 326 g/mol. The molecule has 0 amide bonds. The van der Waals surface area contributed by atoms with Crippen molar-refractivity contribution in [3.63, 3.8) is 0 Å². The van der Waals surface area contributed by atoms with E-state index in [2.05, 4.69) is 4.74 Å². The van der Waals surface area contributed by atoms with Gasteiger partial charge in [-0.3, -0.25) is 4.74 Å². The first-order valence-electron chi connectivity index (χ1n) is 4.67. The molecule has 0 radical (unpaired) electrons. The fourth-order valence-electron chi connectivity index (χ4n) is 1.56. The van der Waals surface area contributed by atoms with Crippen LogP contribution in [-0.2, 0) is 4.74 Å². The number of rotatable bonds is 2. The van der Waals surface area contributed by atoms with Crippen LogP contribution in [-0.4, -0.2) is 42.1 Å². The van der Waals surface area contributed by atoms with E-state index in [4.69, 9.17) is 0 Å². The molecule has 1 heterocycles. The Morgan fingerprint density at radius 1 is 0.850 bits per heavy atom. The minimum atomic E-state index is -6.80. The minimum Gasteiger partial charge on any atom is -0.269 e. The predicted molar refractivity (Wildman–Crippen MR) is 40.2 cm³/mol. The third kappa shape index (κ3) is 1.59. The molecule has 0 aromatic heterocycles. The van der Waals surface area contributed by atoms with Crippen LogP contribution in [0.1, 0.15) is 6.92 Å². The summed E-state index contributed by atoms with van der Waals surface area (Å²) in [5, 5.41) is 0. The molecule has 0 N–H and O–H groups in total. The summed E-state index contributed by atoms with van der Waals surface area (Å²) in [5.74, 6) is -25.0. The second-order valence-electron chi connectivity index (χ2n) is 4.19. The highest BCUT2D eigenvalue weighted by Crippen LogP contribution is 2.65. The Kier molecular flexibility index (Phi) is 3.35. The molecule has 2 unspecified atom stereocenters. The Morgan fingerprint density at radius 2 is 1.25 bits per heavy atom. The molecule has 1 aliphatic heterocycles. The van der Waals surface area contributed by atoms with Gasteiger partial charge >= 0.3 is 29.7 Å². The highest BCUT2D eigenvalue weighted by Gasteiger charge is 2.94. The van der Waals surface area contributed by atoms with Crippen LogP contribution >= 0.6 is 0 Å². The van der Waals surface area contributed by atoms with E-state index >= 15 is 0 Å². The average Bonchev–Trinajstić information content (AvgIpc) is 2.23.